The van der Waals surface area contributed by atoms with E-state index in [0.717, 1.165) is 19.6 Å². The summed E-state index contributed by atoms with van der Waals surface area (Å²) in [5.41, 5.74) is -0.580. The number of carbonyl (C=O) groups excluding carboxylic acids is 1. The zero-order valence-electron chi connectivity index (χ0n) is 20.2. The number of aliphatic carboxylic acids is 1. The molecule has 0 radical (unpaired) electrons. The molecule has 0 saturated carbocycles. The Kier molecular flexibility index (Phi) is 9.17. The minimum absolute atomic E-state index is 0.126. The number of carbonyl (C=O) groups is 2. The van der Waals surface area contributed by atoms with Gasteiger partial charge in [-0.1, -0.05) is 13.8 Å². The number of hydrogen-bond acceptors (Lipinski definition) is 6. The van der Waals surface area contributed by atoms with Gasteiger partial charge in [0, 0.05) is 39.8 Å². The lowest BCUT2D eigenvalue weighted by Gasteiger charge is -2.52. The summed E-state index contributed by atoms with van der Waals surface area (Å²) in [5, 5.41) is 7.12. The van der Waals surface area contributed by atoms with Crippen molar-refractivity contribution in [2.75, 3.05) is 46.9 Å². The molecule has 9 nitrogen and oxygen atoms in total. The Balaban J connectivity index is 0.000000540. The van der Waals surface area contributed by atoms with E-state index < -0.39 is 27.7 Å². The lowest BCUT2D eigenvalue weighted by Crippen LogP contribution is -2.68. The van der Waals surface area contributed by atoms with Crippen LogP contribution in [0.3, 0.4) is 0 Å². The Morgan fingerprint density at radius 2 is 1.63 bits per heavy atom. The van der Waals surface area contributed by atoms with Crippen molar-refractivity contribution < 1.29 is 41.0 Å². The molecule has 1 aromatic rings. The van der Waals surface area contributed by atoms with E-state index in [-0.39, 0.29) is 10.8 Å². The van der Waals surface area contributed by atoms with Crippen LogP contribution in [0, 0.1) is 5.92 Å². The third kappa shape index (κ3) is 6.64. The fourth-order valence-corrected chi connectivity index (χ4v) is 5.75. The van der Waals surface area contributed by atoms with Crippen molar-refractivity contribution in [2.24, 2.45) is 5.92 Å². The number of carboxylic acids is 1. The molecule has 198 valence electrons. The summed E-state index contributed by atoms with van der Waals surface area (Å²) in [4.78, 5) is 26.3. The first-order valence-corrected chi connectivity index (χ1v) is 12.5. The second-order valence-electron chi connectivity index (χ2n) is 8.98. The first-order chi connectivity index (χ1) is 16.1. The highest BCUT2D eigenvalue weighted by Crippen LogP contribution is 2.36. The van der Waals surface area contributed by atoms with Gasteiger partial charge in [0.1, 0.15) is 11.3 Å². The first kappa shape index (κ1) is 28.9. The molecule has 1 aromatic carbocycles. The maximum Gasteiger partial charge on any atom is 0.490 e. The van der Waals surface area contributed by atoms with Gasteiger partial charge in [-0.3, -0.25) is 9.69 Å². The number of halogens is 3. The maximum atomic E-state index is 13.1. The van der Waals surface area contributed by atoms with Gasteiger partial charge in [0.05, 0.1) is 12.0 Å². The zero-order valence-corrected chi connectivity index (χ0v) is 21.0. The highest BCUT2D eigenvalue weighted by molar-refractivity contribution is 7.89. The summed E-state index contributed by atoms with van der Waals surface area (Å²) < 4.78 is 64.4. The Morgan fingerprint density at radius 1 is 1.11 bits per heavy atom. The molecule has 35 heavy (non-hydrogen) atoms. The molecule has 0 unspecified atom stereocenters. The number of alkyl halides is 3. The highest BCUT2D eigenvalue weighted by atomic mass is 32.2. The summed E-state index contributed by atoms with van der Waals surface area (Å²) >= 11 is 0. The number of likely N-dealkylation sites (N-methyl/N-ethyl adjacent to an activating group) is 1. The molecule has 1 N–H and O–H groups in total. The minimum atomic E-state index is -5.08. The van der Waals surface area contributed by atoms with Gasteiger partial charge in [0.25, 0.3) is 0 Å². The molecule has 0 aliphatic carbocycles. The number of hydrogen-bond donors (Lipinski definition) is 1. The fraction of sp³-hybridized carbons (Fsp3) is 0.636. The number of piperidine rings is 1. The van der Waals surface area contributed by atoms with Crippen molar-refractivity contribution in [1.82, 2.24) is 14.1 Å². The normalized spacial score (nSPS) is 19.4. The van der Waals surface area contributed by atoms with Crippen molar-refractivity contribution in [3.63, 3.8) is 0 Å². The zero-order chi connectivity index (χ0) is 26.6. The van der Waals surface area contributed by atoms with E-state index in [1.807, 2.05) is 7.05 Å². The lowest BCUT2D eigenvalue weighted by molar-refractivity contribution is -0.192. The molecule has 2 saturated heterocycles. The van der Waals surface area contributed by atoms with Gasteiger partial charge in [0.2, 0.25) is 15.9 Å². The van der Waals surface area contributed by atoms with Crippen LogP contribution in [0.4, 0.5) is 13.2 Å². The summed E-state index contributed by atoms with van der Waals surface area (Å²) in [5.74, 6) is -1.56. The van der Waals surface area contributed by atoms with E-state index in [9.17, 15) is 26.4 Å². The second-order valence-corrected chi connectivity index (χ2v) is 10.9. The third-order valence-corrected chi connectivity index (χ3v) is 8.04. The molecule has 2 fully saturated rings. The first-order valence-electron chi connectivity index (χ1n) is 11.1. The van der Waals surface area contributed by atoms with Crippen LogP contribution in [-0.2, 0) is 19.6 Å². The topological polar surface area (TPSA) is 107 Å². The van der Waals surface area contributed by atoms with Gasteiger partial charge < -0.3 is 14.7 Å². The Labute approximate surface area is 203 Å². The van der Waals surface area contributed by atoms with Crippen molar-refractivity contribution >= 4 is 21.9 Å². The van der Waals surface area contributed by atoms with E-state index >= 15 is 0 Å². The van der Waals surface area contributed by atoms with Crippen molar-refractivity contribution in [1.29, 1.82) is 0 Å². The van der Waals surface area contributed by atoms with E-state index in [4.69, 9.17) is 14.6 Å². The van der Waals surface area contributed by atoms with Crippen LogP contribution in [-0.4, -0.2) is 98.1 Å². The largest absolute Gasteiger partial charge is 0.497 e. The van der Waals surface area contributed by atoms with Crippen LogP contribution in [0.1, 0.15) is 26.7 Å². The fourth-order valence-electron chi connectivity index (χ4n) is 4.31. The monoisotopic (exact) mass is 523 g/mol. The maximum absolute atomic E-state index is 13.1. The van der Waals surface area contributed by atoms with Crippen molar-refractivity contribution in [2.45, 2.75) is 43.3 Å². The van der Waals surface area contributed by atoms with E-state index in [2.05, 4.69) is 18.7 Å². The number of piperazine rings is 1. The summed E-state index contributed by atoms with van der Waals surface area (Å²) in [6.07, 6.45) is -4.03. The number of carboxylic acid groups (broad SMARTS) is 1. The van der Waals surface area contributed by atoms with Gasteiger partial charge in [0.15, 0.2) is 0 Å². The molecule has 2 aliphatic rings. The summed E-state index contributed by atoms with van der Waals surface area (Å²) in [7, 11) is -0.185. The smallest absolute Gasteiger partial charge is 0.490 e. The number of benzene rings is 1. The third-order valence-electron chi connectivity index (χ3n) is 6.13. The Morgan fingerprint density at radius 3 is 2.06 bits per heavy atom. The van der Waals surface area contributed by atoms with Crippen LogP contribution in [0.5, 0.6) is 5.75 Å². The molecule has 1 amide bonds. The van der Waals surface area contributed by atoms with Crippen LogP contribution < -0.4 is 4.74 Å². The van der Waals surface area contributed by atoms with Gasteiger partial charge >= 0.3 is 12.1 Å². The Bertz CT molecular complexity index is 991. The number of sulfonamides is 1. The van der Waals surface area contributed by atoms with Crippen molar-refractivity contribution in [3.8, 4) is 5.75 Å². The number of amides is 1. The molecule has 13 heteroatoms. The predicted octanol–water partition coefficient (Wildman–Crippen LogP) is 2.28. The molecule has 3 rings (SSSR count). The average molecular weight is 524 g/mol. The average Bonchev–Trinajstić information content (AvgIpc) is 2.79. The van der Waals surface area contributed by atoms with Gasteiger partial charge in [-0.2, -0.15) is 17.5 Å². The molecule has 2 heterocycles. The van der Waals surface area contributed by atoms with Crippen LogP contribution in [0.15, 0.2) is 29.2 Å². The lowest BCUT2D eigenvalue weighted by atomic mass is 9.82. The Hall–Kier alpha value is -2.38. The number of ether oxygens (including phenoxy) is 1. The van der Waals surface area contributed by atoms with Crippen LogP contribution in [0.2, 0.25) is 0 Å². The predicted molar refractivity (Wildman–Crippen MR) is 121 cm³/mol. The quantitative estimate of drug-likeness (QED) is 0.631. The van der Waals surface area contributed by atoms with E-state index in [0.29, 0.717) is 37.6 Å². The highest BCUT2D eigenvalue weighted by Gasteiger charge is 2.51. The van der Waals surface area contributed by atoms with Crippen LogP contribution >= 0.6 is 0 Å². The van der Waals surface area contributed by atoms with E-state index in [1.165, 1.54) is 4.31 Å². The number of nitrogens with zero attached hydrogens (tertiary/aromatic N) is 3. The molecule has 1 spiro atoms. The molecule has 0 aromatic heterocycles. The van der Waals surface area contributed by atoms with Gasteiger partial charge in [-0.15, -0.1) is 0 Å². The minimum Gasteiger partial charge on any atom is -0.497 e. The number of rotatable bonds is 5. The van der Waals surface area contributed by atoms with E-state index in [1.54, 1.807) is 36.3 Å². The summed E-state index contributed by atoms with van der Waals surface area (Å²) in [6, 6.07) is 6.46. The molecule has 0 atom stereocenters. The second kappa shape index (κ2) is 11.1. The molecular formula is C22H32F3N3O6S. The summed E-state index contributed by atoms with van der Waals surface area (Å²) in [6.45, 7) is 7.42. The van der Waals surface area contributed by atoms with Crippen molar-refractivity contribution in [3.05, 3.63) is 24.3 Å². The van der Waals surface area contributed by atoms with Gasteiger partial charge in [-0.05, 0) is 43.0 Å². The molecule has 2 aliphatic heterocycles. The molecule has 0 bridgehead atoms. The SMILES string of the molecule is COc1ccc(S(=O)(=O)N2CCC3(CC2)C(=O)N(C)CCN3CC(C)C)cc1.O=C(O)C(F)(F)F. The molecular weight excluding hydrogens is 491 g/mol. The number of methoxy groups -OCH3 is 1. The van der Waals surface area contributed by atoms with Gasteiger partial charge in [-0.25, -0.2) is 13.2 Å². The van der Waals surface area contributed by atoms with Crippen LogP contribution in [0.25, 0.3) is 0 Å². The standard InChI is InChI=1S/C20H31N3O4S.C2HF3O2/c1-16(2)15-22-14-13-21(3)19(24)20(22)9-11-23(12-10-20)28(25,26)18-7-5-17(27-4)6-8-18;3-2(4,5)1(6)7/h5-8,16H,9-15H2,1-4H3;(H,6,7).